The highest BCUT2D eigenvalue weighted by Gasteiger charge is 2.05. The van der Waals surface area contributed by atoms with Crippen molar-refractivity contribution < 1.29 is 0 Å². The zero-order valence-electron chi connectivity index (χ0n) is 10.3. The van der Waals surface area contributed by atoms with Gasteiger partial charge in [0.2, 0.25) is 0 Å². The van der Waals surface area contributed by atoms with Gasteiger partial charge in [-0.3, -0.25) is 0 Å². The molecule has 0 bridgehead atoms. The smallest absolute Gasteiger partial charge is 0.200 e. The Labute approximate surface area is 133 Å². The minimum Gasteiger partial charge on any atom is -0.374 e. The molecule has 0 aliphatic rings. The molecule has 0 aliphatic heterocycles. The lowest BCUT2D eigenvalue weighted by Crippen LogP contribution is -1.83. The topological polar surface area (TPSA) is 51.8 Å². The Bertz CT molecular complexity index is 708. The van der Waals surface area contributed by atoms with E-state index in [4.69, 9.17) is 5.73 Å². The van der Waals surface area contributed by atoms with Crippen molar-refractivity contribution in [3.8, 4) is 11.4 Å². The van der Waals surface area contributed by atoms with E-state index >= 15 is 0 Å². The summed E-state index contributed by atoms with van der Waals surface area (Å²) in [6.07, 6.45) is 0. The van der Waals surface area contributed by atoms with E-state index in [9.17, 15) is 0 Å². The molecule has 0 radical (unpaired) electrons. The third kappa shape index (κ3) is 3.20. The van der Waals surface area contributed by atoms with E-state index in [0.29, 0.717) is 11.0 Å². The number of nitrogen functional groups attached to an aromatic ring is 1. The maximum absolute atomic E-state index is 5.60. The minimum absolute atomic E-state index is 0.494. The van der Waals surface area contributed by atoms with Crippen molar-refractivity contribution in [1.82, 2.24) is 9.36 Å². The van der Waals surface area contributed by atoms with Crippen LogP contribution in [0.25, 0.3) is 11.4 Å². The quantitative estimate of drug-likeness (QED) is 0.732. The molecule has 3 rings (SSSR count). The molecule has 20 heavy (non-hydrogen) atoms. The Morgan fingerprint density at radius 3 is 2.10 bits per heavy atom. The molecule has 2 N–H and O–H groups in total. The number of anilines is 1. The molecular weight excluding hydrogens is 354 g/mol. The second-order valence-electron chi connectivity index (χ2n) is 4.04. The summed E-state index contributed by atoms with van der Waals surface area (Å²) < 4.78 is 5.29. The van der Waals surface area contributed by atoms with Crippen molar-refractivity contribution in [2.24, 2.45) is 0 Å². The lowest BCUT2D eigenvalue weighted by molar-refractivity contribution is 1.31. The first kappa shape index (κ1) is 13.6. The number of nitrogens with zero attached hydrogens (tertiary/aromatic N) is 2. The average Bonchev–Trinajstić information content (AvgIpc) is 2.89. The molecule has 100 valence electrons. The summed E-state index contributed by atoms with van der Waals surface area (Å²) in [5.41, 5.74) is 6.58. The molecule has 3 aromatic rings. The number of nitrogens with two attached hydrogens (primary N) is 1. The van der Waals surface area contributed by atoms with E-state index in [-0.39, 0.29) is 0 Å². The molecule has 0 amide bonds. The zero-order valence-corrected chi connectivity index (χ0v) is 13.5. The van der Waals surface area contributed by atoms with Gasteiger partial charge in [0, 0.05) is 31.4 Å². The van der Waals surface area contributed by atoms with Crippen LogP contribution in [0, 0.1) is 0 Å². The van der Waals surface area contributed by atoms with Crippen LogP contribution in [0.5, 0.6) is 0 Å². The van der Waals surface area contributed by atoms with E-state index in [1.165, 1.54) is 21.3 Å². The molecule has 0 fully saturated rings. The Balaban J connectivity index is 1.77. The first-order valence-corrected chi connectivity index (χ1v) is 8.22. The van der Waals surface area contributed by atoms with Crippen molar-refractivity contribution in [1.29, 1.82) is 0 Å². The maximum Gasteiger partial charge on any atom is 0.200 e. The molecule has 6 heteroatoms. The molecule has 3 nitrogen and oxygen atoms in total. The third-order valence-electron chi connectivity index (χ3n) is 2.60. The number of hydrogen-bond donors (Lipinski definition) is 1. The fourth-order valence-corrected chi connectivity index (χ4v) is 3.20. The van der Waals surface area contributed by atoms with E-state index in [1.807, 2.05) is 24.3 Å². The van der Waals surface area contributed by atoms with Gasteiger partial charge in [-0.25, -0.2) is 0 Å². The van der Waals surface area contributed by atoms with Crippen molar-refractivity contribution >= 4 is 44.4 Å². The fourth-order valence-electron chi connectivity index (χ4n) is 1.66. The number of benzene rings is 2. The molecular formula is C14H10BrN3S2. The Kier molecular flexibility index (Phi) is 4.05. The Morgan fingerprint density at radius 2 is 1.55 bits per heavy atom. The number of halogens is 1. The van der Waals surface area contributed by atoms with Crippen LogP contribution in [0.1, 0.15) is 0 Å². The summed E-state index contributed by atoms with van der Waals surface area (Å²) in [4.78, 5) is 6.56. The van der Waals surface area contributed by atoms with Crippen LogP contribution in [0.4, 0.5) is 5.13 Å². The molecule has 0 spiro atoms. The monoisotopic (exact) mass is 363 g/mol. The summed E-state index contributed by atoms with van der Waals surface area (Å²) >= 11 is 6.37. The largest absolute Gasteiger partial charge is 0.374 e. The molecule has 0 atom stereocenters. The minimum atomic E-state index is 0.494. The summed E-state index contributed by atoms with van der Waals surface area (Å²) in [6, 6.07) is 16.4. The third-order valence-corrected chi connectivity index (χ3v) is 4.69. The van der Waals surface area contributed by atoms with Crippen molar-refractivity contribution in [2.75, 3.05) is 5.73 Å². The van der Waals surface area contributed by atoms with Gasteiger partial charge < -0.3 is 5.73 Å². The summed E-state index contributed by atoms with van der Waals surface area (Å²) in [5.74, 6) is 0.688. The fraction of sp³-hybridized carbons (Fsp3) is 0. The Hall–Kier alpha value is -1.37. The van der Waals surface area contributed by atoms with Crippen molar-refractivity contribution in [3.63, 3.8) is 0 Å². The second kappa shape index (κ2) is 5.95. The maximum atomic E-state index is 5.60. The highest BCUT2D eigenvalue weighted by atomic mass is 79.9. The number of rotatable bonds is 3. The highest BCUT2D eigenvalue weighted by molar-refractivity contribution is 9.10. The van der Waals surface area contributed by atoms with E-state index < -0.39 is 0 Å². The van der Waals surface area contributed by atoms with Crippen LogP contribution in [-0.4, -0.2) is 9.36 Å². The van der Waals surface area contributed by atoms with Crippen LogP contribution in [-0.2, 0) is 0 Å². The number of hydrogen-bond acceptors (Lipinski definition) is 5. The first-order chi connectivity index (χ1) is 9.70. The average molecular weight is 364 g/mol. The zero-order chi connectivity index (χ0) is 13.9. The predicted molar refractivity (Wildman–Crippen MR) is 88.0 cm³/mol. The molecule has 1 aromatic heterocycles. The van der Waals surface area contributed by atoms with Gasteiger partial charge in [0.15, 0.2) is 11.0 Å². The first-order valence-electron chi connectivity index (χ1n) is 5.84. The predicted octanol–water partition coefficient (Wildman–Crippen LogP) is 4.70. The van der Waals surface area contributed by atoms with Gasteiger partial charge in [0.25, 0.3) is 0 Å². The second-order valence-corrected chi connectivity index (χ2v) is 6.88. The SMILES string of the molecule is Nc1nc(-c2ccc(Sc3ccc(Br)cc3)cc2)ns1. The van der Waals surface area contributed by atoms with Crippen LogP contribution in [0.2, 0.25) is 0 Å². The van der Waals surface area contributed by atoms with Crippen molar-refractivity contribution in [2.45, 2.75) is 9.79 Å². The summed E-state index contributed by atoms with van der Waals surface area (Å²) in [5, 5.41) is 0.494. The standard InChI is InChI=1S/C14H10BrN3S2/c15-10-3-7-12(8-4-10)19-11-5-1-9(2-6-11)13-17-14(16)20-18-13/h1-8H,(H2,16,17,18). The van der Waals surface area contributed by atoms with Gasteiger partial charge in [0.1, 0.15) is 0 Å². The molecule has 0 saturated heterocycles. The summed E-state index contributed by atoms with van der Waals surface area (Å²) in [6.45, 7) is 0. The van der Waals surface area contributed by atoms with E-state index in [1.54, 1.807) is 11.8 Å². The van der Waals surface area contributed by atoms with Crippen LogP contribution in [0.15, 0.2) is 62.8 Å². The van der Waals surface area contributed by atoms with Gasteiger partial charge >= 0.3 is 0 Å². The Morgan fingerprint density at radius 1 is 0.950 bits per heavy atom. The lowest BCUT2D eigenvalue weighted by Gasteiger charge is -2.02. The van der Waals surface area contributed by atoms with E-state index in [0.717, 1.165) is 10.0 Å². The molecule has 0 unspecified atom stereocenters. The number of aromatic nitrogens is 2. The molecule has 2 aromatic carbocycles. The van der Waals surface area contributed by atoms with Crippen LogP contribution in [0.3, 0.4) is 0 Å². The van der Waals surface area contributed by atoms with Gasteiger partial charge in [-0.1, -0.05) is 39.8 Å². The van der Waals surface area contributed by atoms with Gasteiger partial charge in [-0.15, -0.1) is 0 Å². The normalized spacial score (nSPS) is 10.7. The van der Waals surface area contributed by atoms with Crippen LogP contribution >= 0.6 is 39.2 Å². The van der Waals surface area contributed by atoms with E-state index in [2.05, 4.69) is 49.6 Å². The summed E-state index contributed by atoms with van der Waals surface area (Å²) in [7, 11) is 0. The van der Waals surface area contributed by atoms with Gasteiger partial charge in [-0.05, 0) is 36.4 Å². The molecule has 1 heterocycles. The van der Waals surface area contributed by atoms with Crippen LogP contribution < -0.4 is 5.73 Å². The molecule has 0 aliphatic carbocycles. The van der Waals surface area contributed by atoms with Crippen molar-refractivity contribution in [3.05, 3.63) is 53.0 Å². The highest BCUT2D eigenvalue weighted by Crippen LogP contribution is 2.30. The molecule has 0 saturated carbocycles. The van der Waals surface area contributed by atoms with Gasteiger partial charge in [0.05, 0.1) is 0 Å². The van der Waals surface area contributed by atoms with Gasteiger partial charge in [-0.2, -0.15) is 9.36 Å². The lowest BCUT2D eigenvalue weighted by atomic mass is 10.2.